The maximum atomic E-state index is 3.30. The van der Waals surface area contributed by atoms with E-state index in [-0.39, 0.29) is 18.0 Å². The number of rotatable bonds is 0. The van der Waals surface area contributed by atoms with E-state index in [4.69, 9.17) is 0 Å². The van der Waals surface area contributed by atoms with Gasteiger partial charge in [0.1, 0.15) is 0 Å². The van der Waals surface area contributed by atoms with Gasteiger partial charge in [-0.1, -0.05) is 18.2 Å². The largest absolute Gasteiger partial charge is 0.384 e. The van der Waals surface area contributed by atoms with E-state index in [9.17, 15) is 0 Å². The molecule has 0 unspecified atom stereocenters. The van der Waals surface area contributed by atoms with Crippen molar-refractivity contribution in [3.05, 3.63) is 29.8 Å². The van der Waals surface area contributed by atoms with Crippen molar-refractivity contribution in [1.29, 1.82) is 0 Å². The zero-order valence-electron chi connectivity index (χ0n) is 5.67. The van der Waals surface area contributed by atoms with Crippen LogP contribution in [-0.2, 0) is 6.42 Å². The van der Waals surface area contributed by atoms with Crippen LogP contribution in [0.3, 0.4) is 0 Å². The number of fused-ring (bicyclic) bond motifs is 1. The molecule has 0 atom stereocenters. The summed E-state index contributed by atoms with van der Waals surface area (Å²) in [6, 6.07) is 8.46. The smallest absolute Gasteiger partial charge is 0.0373 e. The molecule has 1 aliphatic heterocycles. The summed E-state index contributed by atoms with van der Waals surface area (Å²) < 4.78 is 0. The number of hydrogen-bond donors (Lipinski definition) is 1. The minimum atomic E-state index is 0. The van der Waals surface area contributed by atoms with Crippen molar-refractivity contribution in [2.45, 2.75) is 6.42 Å². The Morgan fingerprint density at radius 1 is 1.20 bits per heavy atom. The van der Waals surface area contributed by atoms with E-state index < -0.39 is 0 Å². The molecule has 2 rings (SSSR count). The molecule has 1 aliphatic rings. The summed E-state index contributed by atoms with van der Waals surface area (Å²) in [4.78, 5) is 0. The van der Waals surface area contributed by atoms with E-state index in [1.54, 1.807) is 0 Å². The van der Waals surface area contributed by atoms with Crippen LogP contribution in [0.1, 0.15) is 5.56 Å². The maximum absolute atomic E-state index is 3.30. The van der Waals surface area contributed by atoms with Crippen molar-refractivity contribution in [3.63, 3.8) is 0 Å². The number of para-hydroxylation sites is 1. The Balaban J connectivity index is 0.000000500. The van der Waals surface area contributed by atoms with Crippen LogP contribution >= 0.6 is 0 Å². The van der Waals surface area contributed by atoms with E-state index in [1.807, 2.05) is 0 Å². The first kappa shape index (κ1) is 7.68. The summed E-state index contributed by atoms with van der Waals surface area (Å²) >= 11 is 0. The topological polar surface area (TPSA) is 12.0 Å². The zero-order chi connectivity index (χ0) is 6.10. The van der Waals surface area contributed by atoms with Crippen LogP contribution in [0.25, 0.3) is 0 Å². The van der Waals surface area contributed by atoms with Gasteiger partial charge in [-0.2, -0.15) is 0 Å². The van der Waals surface area contributed by atoms with E-state index in [0.717, 1.165) is 6.54 Å². The van der Waals surface area contributed by atoms with Crippen LogP contribution in [0.15, 0.2) is 24.3 Å². The third kappa shape index (κ3) is 1.19. The molecular weight excluding hydrogens is 185 g/mol. The summed E-state index contributed by atoms with van der Waals surface area (Å²) in [6.45, 7) is 1.11. The predicted molar refractivity (Wildman–Crippen MR) is 44.4 cm³/mol. The Morgan fingerprint density at radius 3 is 2.80 bits per heavy atom. The van der Waals surface area contributed by atoms with Crippen LogP contribution in [0.5, 0.6) is 0 Å². The van der Waals surface area contributed by atoms with Gasteiger partial charge in [-0.3, -0.25) is 0 Å². The number of benzene rings is 1. The van der Waals surface area contributed by atoms with Crippen LogP contribution in [0, 0.1) is 0 Å². The minimum Gasteiger partial charge on any atom is -0.384 e. The summed E-state index contributed by atoms with van der Waals surface area (Å²) in [6.07, 6.45) is 1.19. The fourth-order valence-electron chi connectivity index (χ4n) is 1.24. The molecule has 1 nitrogen and oxygen atoms in total. The fraction of sp³-hybridized carbons (Fsp3) is 0.250. The van der Waals surface area contributed by atoms with Gasteiger partial charge in [0, 0.05) is 30.2 Å². The van der Waals surface area contributed by atoms with Crippen molar-refractivity contribution >= 4 is 23.6 Å². The van der Waals surface area contributed by atoms with Gasteiger partial charge >= 0.3 is 0 Å². The molecule has 51 valence electrons. The molecular formula is C8H9AsN. The van der Waals surface area contributed by atoms with Gasteiger partial charge in [-0.25, -0.2) is 0 Å². The molecule has 1 heterocycles. The number of nitrogens with one attached hydrogen (secondary N) is 1. The Hall–Kier alpha value is -0.422. The molecule has 1 aromatic rings. The predicted octanol–water partition coefficient (Wildman–Crippen LogP) is 1.27. The van der Waals surface area contributed by atoms with Crippen LogP contribution in [-0.4, -0.2) is 24.5 Å². The van der Waals surface area contributed by atoms with E-state index in [2.05, 4.69) is 29.6 Å². The molecule has 1 N–H and O–H groups in total. The average molecular weight is 194 g/mol. The molecule has 10 heavy (non-hydrogen) atoms. The van der Waals surface area contributed by atoms with Crippen molar-refractivity contribution in [3.8, 4) is 0 Å². The normalized spacial score (nSPS) is 13.2. The quantitative estimate of drug-likeness (QED) is 0.613. The standard InChI is InChI=1S/C8H9N.As/c1-2-4-8-7(3-1)5-6-9-8;/h1-4,9H,5-6H2;. The van der Waals surface area contributed by atoms with Crippen LogP contribution in [0.4, 0.5) is 5.69 Å². The third-order valence-electron chi connectivity index (χ3n) is 1.73. The molecule has 0 saturated carbocycles. The second-order valence-corrected chi connectivity index (χ2v) is 2.33. The molecule has 0 bridgehead atoms. The van der Waals surface area contributed by atoms with Crippen molar-refractivity contribution < 1.29 is 0 Å². The first-order chi connectivity index (χ1) is 4.47. The zero-order valence-corrected chi connectivity index (χ0v) is 7.55. The third-order valence-corrected chi connectivity index (χ3v) is 1.73. The summed E-state index contributed by atoms with van der Waals surface area (Å²) in [5.74, 6) is 0. The van der Waals surface area contributed by atoms with Gasteiger partial charge in [-0.05, 0) is 18.1 Å². The molecule has 0 aromatic heterocycles. The summed E-state index contributed by atoms with van der Waals surface area (Å²) in [5, 5.41) is 3.30. The molecule has 0 aliphatic carbocycles. The van der Waals surface area contributed by atoms with Crippen LogP contribution in [0.2, 0.25) is 0 Å². The Labute approximate surface area is 72.1 Å². The maximum Gasteiger partial charge on any atom is 0.0373 e. The second-order valence-electron chi connectivity index (χ2n) is 2.33. The summed E-state index contributed by atoms with van der Waals surface area (Å²) in [7, 11) is 0. The van der Waals surface area contributed by atoms with Crippen LogP contribution < -0.4 is 5.32 Å². The molecule has 3 radical (unpaired) electrons. The van der Waals surface area contributed by atoms with Gasteiger partial charge in [-0.15, -0.1) is 0 Å². The van der Waals surface area contributed by atoms with Crippen molar-refractivity contribution in [2.24, 2.45) is 0 Å². The van der Waals surface area contributed by atoms with E-state index >= 15 is 0 Å². The van der Waals surface area contributed by atoms with Crippen molar-refractivity contribution in [1.82, 2.24) is 0 Å². The SMILES string of the molecule is [As].c1ccc2c(c1)CCN2. The first-order valence-corrected chi connectivity index (χ1v) is 3.28. The first-order valence-electron chi connectivity index (χ1n) is 3.28. The number of anilines is 1. The van der Waals surface area contributed by atoms with Gasteiger partial charge < -0.3 is 5.32 Å². The second kappa shape index (κ2) is 3.11. The molecule has 0 spiro atoms. The molecule has 2 heteroatoms. The molecule has 0 fully saturated rings. The Kier molecular flexibility index (Phi) is 2.39. The average Bonchev–Trinajstić information content (AvgIpc) is 2.33. The number of hydrogen-bond acceptors (Lipinski definition) is 1. The van der Waals surface area contributed by atoms with Gasteiger partial charge in [0.2, 0.25) is 0 Å². The molecule has 0 amide bonds. The van der Waals surface area contributed by atoms with Gasteiger partial charge in [0.05, 0.1) is 0 Å². The van der Waals surface area contributed by atoms with Crippen molar-refractivity contribution in [2.75, 3.05) is 11.9 Å². The summed E-state index contributed by atoms with van der Waals surface area (Å²) in [5.41, 5.74) is 2.77. The van der Waals surface area contributed by atoms with Gasteiger partial charge in [0.25, 0.3) is 0 Å². The van der Waals surface area contributed by atoms with E-state index in [1.165, 1.54) is 17.7 Å². The molecule has 0 saturated heterocycles. The Bertz CT molecular complexity index is 199. The minimum absolute atomic E-state index is 0. The van der Waals surface area contributed by atoms with Gasteiger partial charge in [0.15, 0.2) is 0 Å². The monoisotopic (exact) mass is 194 g/mol. The fourth-order valence-corrected chi connectivity index (χ4v) is 1.24. The molecule has 1 aromatic carbocycles. The Morgan fingerprint density at radius 2 is 2.00 bits per heavy atom. The van der Waals surface area contributed by atoms with E-state index in [0.29, 0.717) is 0 Å².